The van der Waals surface area contributed by atoms with Gasteiger partial charge in [-0.2, -0.15) is 0 Å². The fourth-order valence-electron chi connectivity index (χ4n) is 4.57. The average molecular weight is 288 g/mol. The molecule has 0 aliphatic heterocycles. The zero-order valence-electron chi connectivity index (χ0n) is 12.5. The Morgan fingerprint density at radius 1 is 1.10 bits per heavy atom. The molecule has 1 heterocycles. The lowest BCUT2D eigenvalue weighted by atomic mass is 9.90. The van der Waals surface area contributed by atoms with Crippen LogP contribution in [0, 0.1) is 11.3 Å². The normalized spacial score (nSPS) is 34.0. The van der Waals surface area contributed by atoms with Crippen LogP contribution in [-0.4, -0.2) is 26.7 Å². The number of carbonyl (C=O) groups is 1. The third kappa shape index (κ3) is 2.47. The van der Waals surface area contributed by atoms with Gasteiger partial charge in [-0.05, 0) is 50.4 Å². The van der Waals surface area contributed by atoms with E-state index in [4.69, 9.17) is 0 Å². The number of rotatable bonds is 3. The average Bonchev–Trinajstić information content (AvgIpc) is 2.88. The summed E-state index contributed by atoms with van der Waals surface area (Å²) in [6.45, 7) is 0. The minimum atomic E-state index is 0.329. The molecule has 1 aromatic heterocycles. The van der Waals surface area contributed by atoms with E-state index in [2.05, 4.69) is 20.1 Å². The number of hydrogen-bond acceptors (Lipinski definition) is 3. The summed E-state index contributed by atoms with van der Waals surface area (Å²) in [6, 6.07) is 0.888. The lowest BCUT2D eigenvalue weighted by Gasteiger charge is -2.29. The van der Waals surface area contributed by atoms with Crippen molar-refractivity contribution in [2.75, 3.05) is 0 Å². The zero-order chi connectivity index (χ0) is 14.3. The highest BCUT2D eigenvalue weighted by Crippen LogP contribution is 2.62. The molecule has 3 aliphatic rings. The van der Waals surface area contributed by atoms with E-state index in [-0.39, 0.29) is 0 Å². The number of carbonyl (C=O) groups excluding carboxylic acids is 1. The molecule has 5 heteroatoms. The van der Waals surface area contributed by atoms with E-state index < -0.39 is 0 Å². The van der Waals surface area contributed by atoms with E-state index >= 15 is 0 Å². The summed E-state index contributed by atoms with van der Waals surface area (Å²) in [7, 11) is 0. The van der Waals surface area contributed by atoms with Crippen LogP contribution in [0.3, 0.4) is 0 Å². The molecule has 0 bridgehead atoms. The Morgan fingerprint density at radius 2 is 1.76 bits per heavy atom. The first-order chi connectivity index (χ1) is 10.3. The van der Waals surface area contributed by atoms with Crippen molar-refractivity contribution in [3.63, 3.8) is 0 Å². The van der Waals surface area contributed by atoms with Crippen LogP contribution in [0.25, 0.3) is 0 Å². The van der Waals surface area contributed by atoms with Crippen molar-refractivity contribution in [1.82, 2.24) is 20.1 Å². The predicted octanol–water partition coefficient (Wildman–Crippen LogP) is 2.46. The molecule has 1 amide bonds. The van der Waals surface area contributed by atoms with E-state index in [0.29, 0.717) is 29.3 Å². The van der Waals surface area contributed by atoms with Gasteiger partial charge in [0, 0.05) is 18.0 Å². The molecule has 3 aliphatic carbocycles. The van der Waals surface area contributed by atoms with Gasteiger partial charge in [0.05, 0.1) is 0 Å². The minimum Gasteiger partial charge on any atom is -0.353 e. The quantitative estimate of drug-likeness (QED) is 0.929. The van der Waals surface area contributed by atoms with Crippen LogP contribution < -0.4 is 5.32 Å². The summed E-state index contributed by atoms with van der Waals surface area (Å²) in [5.41, 5.74) is 0.420. The van der Waals surface area contributed by atoms with Crippen LogP contribution in [0.4, 0.5) is 0 Å². The monoisotopic (exact) mass is 288 g/mol. The second-order valence-electron chi connectivity index (χ2n) is 7.25. The van der Waals surface area contributed by atoms with Crippen molar-refractivity contribution in [2.45, 2.75) is 69.9 Å². The first-order valence-electron chi connectivity index (χ1n) is 8.41. The van der Waals surface area contributed by atoms with E-state index in [0.717, 1.165) is 32.1 Å². The molecule has 0 unspecified atom stereocenters. The topological polar surface area (TPSA) is 59.8 Å². The van der Waals surface area contributed by atoms with Gasteiger partial charge in [0.25, 0.3) is 0 Å². The molecule has 1 atom stereocenters. The molecule has 1 N–H and O–H groups in total. The molecule has 3 saturated carbocycles. The van der Waals surface area contributed by atoms with Crippen LogP contribution >= 0.6 is 0 Å². The van der Waals surface area contributed by atoms with Gasteiger partial charge in [0.1, 0.15) is 12.7 Å². The zero-order valence-corrected chi connectivity index (χ0v) is 12.5. The molecule has 1 spiro atoms. The van der Waals surface area contributed by atoms with Crippen molar-refractivity contribution in [2.24, 2.45) is 11.3 Å². The highest BCUT2D eigenvalue weighted by molar-refractivity contribution is 5.82. The number of aromatic nitrogens is 3. The van der Waals surface area contributed by atoms with Gasteiger partial charge in [-0.1, -0.05) is 12.8 Å². The number of amides is 1. The maximum Gasteiger partial charge on any atom is 0.223 e. The summed E-state index contributed by atoms with van der Waals surface area (Å²) in [5, 5.41) is 11.1. The van der Waals surface area contributed by atoms with Gasteiger partial charge in [-0.15, -0.1) is 10.2 Å². The predicted molar refractivity (Wildman–Crippen MR) is 78.5 cm³/mol. The molecule has 0 radical (unpaired) electrons. The van der Waals surface area contributed by atoms with Crippen LogP contribution in [0.15, 0.2) is 12.7 Å². The largest absolute Gasteiger partial charge is 0.353 e. The SMILES string of the molecule is O=C(NC1CCC(n2cnnc2)CC1)[C@H]1CC12CCCC2. The van der Waals surface area contributed by atoms with Crippen molar-refractivity contribution >= 4 is 5.91 Å². The van der Waals surface area contributed by atoms with Gasteiger partial charge >= 0.3 is 0 Å². The van der Waals surface area contributed by atoms with Crippen molar-refractivity contribution < 1.29 is 4.79 Å². The van der Waals surface area contributed by atoms with E-state index in [1.165, 1.54) is 25.7 Å². The second kappa shape index (κ2) is 5.11. The Morgan fingerprint density at radius 3 is 2.43 bits per heavy atom. The first kappa shape index (κ1) is 13.3. The Bertz CT molecular complexity index is 498. The Labute approximate surface area is 125 Å². The Balaban J connectivity index is 1.27. The second-order valence-corrected chi connectivity index (χ2v) is 7.25. The Hall–Kier alpha value is -1.39. The van der Waals surface area contributed by atoms with Crippen LogP contribution in [0.5, 0.6) is 0 Å². The van der Waals surface area contributed by atoms with Crippen molar-refractivity contribution in [3.05, 3.63) is 12.7 Å². The molecular formula is C16H24N4O. The molecule has 5 nitrogen and oxygen atoms in total. The van der Waals surface area contributed by atoms with E-state index in [1.54, 1.807) is 12.7 Å². The van der Waals surface area contributed by atoms with E-state index in [1.807, 2.05) is 0 Å². The highest BCUT2D eigenvalue weighted by atomic mass is 16.2. The van der Waals surface area contributed by atoms with Crippen LogP contribution in [0.1, 0.15) is 63.8 Å². The fourth-order valence-corrected chi connectivity index (χ4v) is 4.57. The third-order valence-corrected chi connectivity index (χ3v) is 6.01. The molecule has 3 fully saturated rings. The number of nitrogens with one attached hydrogen (secondary N) is 1. The molecule has 1 aromatic rings. The summed E-state index contributed by atoms with van der Waals surface area (Å²) in [5.74, 6) is 0.667. The van der Waals surface area contributed by atoms with Crippen LogP contribution in [0.2, 0.25) is 0 Å². The summed E-state index contributed by atoms with van der Waals surface area (Å²) in [4.78, 5) is 12.4. The molecule has 21 heavy (non-hydrogen) atoms. The maximum atomic E-state index is 12.4. The summed E-state index contributed by atoms with van der Waals surface area (Å²) in [6.07, 6.45) is 14.4. The molecule has 0 saturated heterocycles. The molecule has 0 aromatic carbocycles. The van der Waals surface area contributed by atoms with Gasteiger partial charge in [-0.25, -0.2) is 0 Å². The van der Waals surface area contributed by atoms with Gasteiger partial charge in [-0.3, -0.25) is 4.79 Å². The molecule has 114 valence electrons. The van der Waals surface area contributed by atoms with Crippen molar-refractivity contribution in [3.8, 4) is 0 Å². The first-order valence-corrected chi connectivity index (χ1v) is 8.41. The number of hydrogen-bond donors (Lipinski definition) is 1. The lowest BCUT2D eigenvalue weighted by molar-refractivity contribution is -0.124. The van der Waals surface area contributed by atoms with E-state index in [9.17, 15) is 4.79 Å². The summed E-state index contributed by atoms with van der Waals surface area (Å²) < 4.78 is 2.10. The Kier molecular flexibility index (Phi) is 3.23. The molecular weight excluding hydrogens is 264 g/mol. The maximum absolute atomic E-state index is 12.4. The summed E-state index contributed by atoms with van der Waals surface area (Å²) >= 11 is 0. The lowest BCUT2D eigenvalue weighted by Crippen LogP contribution is -2.39. The molecule has 4 rings (SSSR count). The number of nitrogens with zero attached hydrogens (tertiary/aromatic N) is 3. The third-order valence-electron chi connectivity index (χ3n) is 6.01. The van der Waals surface area contributed by atoms with Gasteiger partial charge < -0.3 is 9.88 Å². The van der Waals surface area contributed by atoms with Gasteiger partial charge in [0.2, 0.25) is 5.91 Å². The fraction of sp³-hybridized carbons (Fsp3) is 0.812. The standard InChI is InChI=1S/C16H24N4O/c21-15(14-9-16(14)7-1-2-8-16)19-12-3-5-13(6-4-12)20-10-17-18-11-20/h10-14H,1-9H2,(H,19,21)/t12?,13?,14-/m1/s1. The van der Waals surface area contributed by atoms with Crippen LogP contribution in [-0.2, 0) is 4.79 Å². The van der Waals surface area contributed by atoms with Crippen molar-refractivity contribution in [1.29, 1.82) is 0 Å². The smallest absolute Gasteiger partial charge is 0.223 e. The van der Waals surface area contributed by atoms with Gasteiger partial charge in [0.15, 0.2) is 0 Å². The highest BCUT2D eigenvalue weighted by Gasteiger charge is 2.58. The minimum absolute atomic E-state index is 0.329.